The summed E-state index contributed by atoms with van der Waals surface area (Å²) in [6.45, 7) is 0.726. The zero-order chi connectivity index (χ0) is 13.9. The van der Waals surface area contributed by atoms with Crippen molar-refractivity contribution in [1.82, 2.24) is 0 Å². The number of halogens is 2. The molecule has 0 radical (unpaired) electrons. The molecule has 1 aromatic carbocycles. The van der Waals surface area contributed by atoms with Crippen molar-refractivity contribution in [2.24, 2.45) is 5.73 Å². The molecule has 0 aliphatic heterocycles. The highest BCUT2D eigenvalue weighted by molar-refractivity contribution is 5.42. The molecule has 100 valence electrons. The van der Waals surface area contributed by atoms with Gasteiger partial charge in [-0.3, -0.25) is 10.1 Å². The Bertz CT molecular complexity index is 450. The van der Waals surface area contributed by atoms with Crippen LogP contribution < -0.4 is 5.73 Å². The van der Waals surface area contributed by atoms with E-state index in [1.54, 1.807) is 6.92 Å². The molecule has 0 heterocycles. The van der Waals surface area contributed by atoms with Gasteiger partial charge < -0.3 is 10.5 Å². The quantitative estimate of drug-likeness (QED) is 0.651. The summed E-state index contributed by atoms with van der Waals surface area (Å²) in [5, 5.41) is 10.7. The third-order valence-electron chi connectivity index (χ3n) is 2.42. The van der Waals surface area contributed by atoms with Crippen molar-refractivity contribution in [1.29, 1.82) is 0 Å². The van der Waals surface area contributed by atoms with Crippen molar-refractivity contribution < 1.29 is 18.4 Å². The minimum absolute atomic E-state index is 0.287. The summed E-state index contributed by atoms with van der Waals surface area (Å²) in [4.78, 5) is 9.98. The Labute approximate surface area is 103 Å². The van der Waals surface area contributed by atoms with Crippen LogP contribution in [0.4, 0.5) is 14.5 Å². The maximum absolute atomic E-state index is 13.7. The molecule has 1 aromatic rings. The Balaban J connectivity index is 3.31. The number of alkyl halides is 2. The number of hydrogen-bond donors (Lipinski definition) is 1. The minimum atomic E-state index is -3.29. The van der Waals surface area contributed by atoms with Crippen molar-refractivity contribution in [3.8, 4) is 0 Å². The van der Waals surface area contributed by atoms with E-state index in [1.165, 1.54) is 6.07 Å². The van der Waals surface area contributed by atoms with Crippen LogP contribution in [-0.4, -0.2) is 18.6 Å². The lowest BCUT2D eigenvalue weighted by molar-refractivity contribution is -0.385. The second kappa shape index (κ2) is 5.36. The lowest BCUT2D eigenvalue weighted by Crippen LogP contribution is -2.21. The van der Waals surface area contributed by atoms with Crippen molar-refractivity contribution >= 4 is 5.69 Å². The lowest BCUT2D eigenvalue weighted by Gasteiger charge is -2.17. The topological polar surface area (TPSA) is 78.4 Å². The first-order chi connectivity index (χ1) is 8.27. The highest BCUT2D eigenvalue weighted by Gasteiger charge is 2.33. The Morgan fingerprint density at radius 3 is 2.56 bits per heavy atom. The predicted molar refractivity (Wildman–Crippen MR) is 61.5 cm³/mol. The van der Waals surface area contributed by atoms with E-state index in [9.17, 15) is 18.9 Å². The molecule has 0 amide bonds. The largest absolute Gasteiger partial charge is 0.378 e. The van der Waals surface area contributed by atoms with Crippen LogP contribution in [0.3, 0.4) is 0 Å². The Morgan fingerprint density at radius 2 is 2.11 bits per heavy atom. The fraction of sp³-hybridized carbons (Fsp3) is 0.455. The molecule has 0 aliphatic rings. The predicted octanol–water partition coefficient (Wildman–Crippen LogP) is 2.35. The molecule has 0 aromatic heterocycles. The first-order valence-corrected chi connectivity index (χ1v) is 5.20. The summed E-state index contributed by atoms with van der Waals surface area (Å²) in [5.41, 5.74) is 4.98. The zero-order valence-corrected chi connectivity index (χ0v) is 10.0. The van der Waals surface area contributed by atoms with Gasteiger partial charge >= 0.3 is 0 Å². The lowest BCUT2D eigenvalue weighted by atomic mass is 10.0. The highest BCUT2D eigenvalue weighted by Crippen LogP contribution is 2.32. The van der Waals surface area contributed by atoms with Gasteiger partial charge in [-0.2, -0.15) is 8.78 Å². The number of benzene rings is 1. The standard InChI is InChI=1S/C11H14F2N2O3/c1-7(14)8-3-9(11(12,13)6-18-2)5-10(4-8)15(16)17/h3-5,7H,6,14H2,1-2H3/t7-/m1/s1. The molecule has 0 spiro atoms. The SMILES string of the molecule is COCC(F)(F)c1cc([C@@H](C)N)cc([N+](=O)[O-])c1. The van der Waals surface area contributed by atoms with Gasteiger partial charge in [0.05, 0.1) is 4.92 Å². The van der Waals surface area contributed by atoms with Gasteiger partial charge in [-0.15, -0.1) is 0 Å². The van der Waals surface area contributed by atoms with E-state index in [2.05, 4.69) is 4.74 Å². The number of non-ortho nitro benzene ring substituents is 1. The van der Waals surface area contributed by atoms with Crippen LogP contribution in [0.15, 0.2) is 18.2 Å². The molecule has 0 unspecified atom stereocenters. The fourth-order valence-corrected chi connectivity index (χ4v) is 1.48. The smallest absolute Gasteiger partial charge is 0.296 e. The summed E-state index contributed by atoms with van der Waals surface area (Å²) in [6.07, 6.45) is 0. The van der Waals surface area contributed by atoms with Gasteiger partial charge in [0, 0.05) is 30.8 Å². The van der Waals surface area contributed by atoms with Crippen LogP contribution in [0.5, 0.6) is 0 Å². The molecule has 7 heteroatoms. The molecule has 0 saturated heterocycles. The molecule has 1 rings (SSSR count). The molecule has 2 N–H and O–H groups in total. The average Bonchev–Trinajstić information content (AvgIpc) is 2.28. The third-order valence-corrected chi connectivity index (χ3v) is 2.42. The molecule has 0 fully saturated rings. The van der Waals surface area contributed by atoms with Gasteiger partial charge in [0.25, 0.3) is 11.6 Å². The van der Waals surface area contributed by atoms with E-state index in [4.69, 9.17) is 5.73 Å². The summed E-state index contributed by atoms with van der Waals surface area (Å²) in [7, 11) is 1.14. The molecule has 0 saturated carbocycles. The highest BCUT2D eigenvalue weighted by atomic mass is 19.3. The van der Waals surface area contributed by atoms with E-state index in [0.717, 1.165) is 19.2 Å². The maximum atomic E-state index is 13.7. The second-order valence-corrected chi connectivity index (χ2v) is 4.00. The molecule has 1 atom stereocenters. The fourth-order valence-electron chi connectivity index (χ4n) is 1.48. The summed E-state index contributed by atoms with van der Waals surface area (Å²) >= 11 is 0. The molecular weight excluding hydrogens is 246 g/mol. The van der Waals surface area contributed by atoms with Crippen molar-refractivity contribution in [2.75, 3.05) is 13.7 Å². The Kier molecular flexibility index (Phi) is 4.31. The first kappa shape index (κ1) is 14.5. The number of nitro benzene ring substituents is 1. The van der Waals surface area contributed by atoms with E-state index < -0.39 is 34.7 Å². The molecule has 0 aliphatic carbocycles. The van der Waals surface area contributed by atoms with Crippen LogP contribution in [0.2, 0.25) is 0 Å². The minimum Gasteiger partial charge on any atom is -0.378 e. The van der Waals surface area contributed by atoms with Crippen LogP contribution >= 0.6 is 0 Å². The van der Waals surface area contributed by atoms with Crippen molar-refractivity contribution in [2.45, 2.75) is 18.9 Å². The van der Waals surface area contributed by atoms with Crippen LogP contribution in [0, 0.1) is 10.1 Å². The van der Waals surface area contributed by atoms with E-state index >= 15 is 0 Å². The Morgan fingerprint density at radius 1 is 1.50 bits per heavy atom. The van der Waals surface area contributed by atoms with Gasteiger partial charge in [0.1, 0.15) is 6.61 Å². The molecular formula is C11H14F2N2O3. The average molecular weight is 260 g/mol. The number of nitrogens with zero attached hydrogens (tertiary/aromatic N) is 1. The third kappa shape index (κ3) is 3.21. The van der Waals surface area contributed by atoms with E-state index in [0.29, 0.717) is 0 Å². The van der Waals surface area contributed by atoms with Crippen molar-refractivity contribution in [3.63, 3.8) is 0 Å². The summed E-state index contributed by atoms with van der Waals surface area (Å²) < 4.78 is 31.7. The van der Waals surface area contributed by atoms with Crippen LogP contribution in [0.1, 0.15) is 24.1 Å². The van der Waals surface area contributed by atoms with Gasteiger partial charge in [-0.25, -0.2) is 0 Å². The normalized spacial score (nSPS) is 13.4. The van der Waals surface area contributed by atoms with Gasteiger partial charge in [0.15, 0.2) is 0 Å². The molecule has 5 nitrogen and oxygen atoms in total. The second-order valence-electron chi connectivity index (χ2n) is 4.00. The maximum Gasteiger partial charge on any atom is 0.296 e. The number of nitrogens with two attached hydrogens (primary N) is 1. The number of rotatable bonds is 5. The van der Waals surface area contributed by atoms with Crippen LogP contribution in [0.25, 0.3) is 0 Å². The summed E-state index contributed by atoms with van der Waals surface area (Å²) in [5.74, 6) is -3.29. The van der Waals surface area contributed by atoms with Crippen molar-refractivity contribution in [3.05, 3.63) is 39.4 Å². The van der Waals surface area contributed by atoms with E-state index in [1.807, 2.05) is 0 Å². The number of hydrogen-bond acceptors (Lipinski definition) is 4. The van der Waals surface area contributed by atoms with Gasteiger partial charge in [-0.05, 0) is 18.6 Å². The van der Waals surface area contributed by atoms with Gasteiger partial charge in [0.2, 0.25) is 0 Å². The zero-order valence-electron chi connectivity index (χ0n) is 10.0. The van der Waals surface area contributed by atoms with Crippen LogP contribution in [-0.2, 0) is 10.7 Å². The number of nitro groups is 1. The number of methoxy groups -OCH3 is 1. The summed E-state index contributed by atoms with van der Waals surface area (Å²) in [6, 6.07) is 2.63. The Hall–Kier alpha value is -1.60. The van der Waals surface area contributed by atoms with Gasteiger partial charge in [-0.1, -0.05) is 0 Å². The van der Waals surface area contributed by atoms with E-state index in [-0.39, 0.29) is 5.56 Å². The molecule has 0 bridgehead atoms. The molecule has 18 heavy (non-hydrogen) atoms. The first-order valence-electron chi connectivity index (χ1n) is 5.20. The monoisotopic (exact) mass is 260 g/mol. The number of ether oxygens (including phenoxy) is 1.